The standard InChI is InChI=1S/C11H14O5/c1-3-15-11(14)5-8-4-9(6-10(8)13)16-7(2)12/h4,9H,3,5-6H2,1-2H3/t9-/m0/s1. The van der Waals surface area contributed by atoms with Crippen LogP contribution in [0.3, 0.4) is 0 Å². The largest absolute Gasteiger partial charge is 0.466 e. The van der Waals surface area contributed by atoms with Gasteiger partial charge < -0.3 is 9.47 Å². The molecular formula is C11H14O5. The number of Topliss-reactive ketones (excluding diaryl/α,β-unsaturated/α-hetero) is 1. The highest BCUT2D eigenvalue weighted by molar-refractivity contribution is 6.02. The summed E-state index contributed by atoms with van der Waals surface area (Å²) in [6.07, 6.45) is 1.05. The van der Waals surface area contributed by atoms with Gasteiger partial charge in [-0.2, -0.15) is 0 Å². The average molecular weight is 226 g/mol. The lowest BCUT2D eigenvalue weighted by Gasteiger charge is -2.05. The van der Waals surface area contributed by atoms with Crippen molar-refractivity contribution in [2.45, 2.75) is 32.8 Å². The number of rotatable bonds is 4. The first-order valence-electron chi connectivity index (χ1n) is 5.09. The molecule has 0 aliphatic heterocycles. The van der Waals surface area contributed by atoms with Crippen molar-refractivity contribution in [3.05, 3.63) is 11.6 Å². The number of hydrogen-bond donors (Lipinski definition) is 0. The quantitative estimate of drug-likeness (QED) is 0.662. The van der Waals surface area contributed by atoms with Crippen LogP contribution >= 0.6 is 0 Å². The van der Waals surface area contributed by atoms with Crippen LogP contribution in [0.5, 0.6) is 0 Å². The molecule has 0 saturated heterocycles. The van der Waals surface area contributed by atoms with Gasteiger partial charge >= 0.3 is 11.9 Å². The molecule has 0 aromatic carbocycles. The SMILES string of the molecule is CCOC(=O)CC1=C[C@H](OC(C)=O)CC1=O. The molecule has 0 aromatic rings. The van der Waals surface area contributed by atoms with Gasteiger partial charge in [0, 0.05) is 12.5 Å². The molecule has 0 N–H and O–H groups in total. The van der Waals surface area contributed by atoms with Gasteiger partial charge in [0.15, 0.2) is 5.78 Å². The Morgan fingerprint density at radius 3 is 2.75 bits per heavy atom. The fourth-order valence-electron chi connectivity index (χ4n) is 1.50. The van der Waals surface area contributed by atoms with Crippen molar-refractivity contribution >= 4 is 17.7 Å². The van der Waals surface area contributed by atoms with E-state index in [1.165, 1.54) is 13.0 Å². The first-order valence-corrected chi connectivity index (χ1v) is 5.09. The van der Waals surface area contributed by atoms with Gasteiger partial charge in [0.2, 0.25) is 0 Å². The number of carbonyl (C=O) groups excluding carboxylic acids is 3. The second-order valence-corrected chi connectivity index (χ2v) is 3.45. The Labute approximate surface area is 93.4 Å². The van der Waals surface area contributed by atoms with Crippen molar-refractivity contribution in [1.29, 1.82) is 0 Å². The number of carbonyl (C=O) groups is 3. The number of esters is 2. The van der Waals surface area contributed by atoms with Gasteiger partial charge in [-0.1, -0.05) is 0 Å². The monoisotopic (exact) mass is 226 g/mol. The minimum absolute atomic E-state index is 0.0512. The summed E-state index contributed by atoms with van der Waals surface area (Å²) >= 11 is 0. The fourth-order valence-corrected chi connectivity index (χ4v) is 1.50. The summed E-state index contributed by atoms with van der Waals surface area (Å²) < 4.78 is 9.59. The minimum atomic E-state index is -0.533. The van der Waals surface area contributed by atoms with E-state index in [0.29, 0.717) is 5.57 Å². The van der Waals surface area contributed by atoms with Gasteiger partial charge in [0.25, 0.3) is 0 Å². The summed E-state index contributed by atoms with van der Waals surface area (Å²) in [7, 11) is 0. The Morgan fingerprint density at radius 1 is 1.50 bits per heavy atom. The van der Waals surface area contributed by atoms with E-state index < -0.39 is 18.0 Å². The van der Waals surface area contributed by atoms with Crippen LogP contribution in [0, 0.1) is 0 Å². The summed E-state index contributed by atoms with van der Waals surface area (Å²) in [5, 5.41) is 0. The Balaban J connectivity index is 2.55. The van der Waals surface area contributed by atoms with Crippen LogP contribution < -0.4 is 0 Å². The molecule has 0 heterocycles. The molecule has 1 atom stereocenters. The van der Waals surface area contributed by atoms with Crippen LogP contribution in [-0.2, 0) is 23.9 Å². The molecule has 1 aliphatic rings. The van der Waals surface area contributed by atoms with Crippen molar-refractivity contribution in [2.24, 2.45) is 0 Å². The Hall–Kier alpha value is -1.65. The Kier molecular flexibility index (Phi) is 4.22. The highest BCUT2D eigenvalue weighted by atomic mass is 16.5. The summed E-state index contributed by atoms with van der Waals surface area (Å²) in [6.45, 7) is 3.26. The molecule has 88 valence electrons. The minimum Gasteiger partial charge on any atom is -0.466 e. The van der Waals surface area contributed by atoms with Crippen LogP contribution in [0.1, 0.15) is 26.7 Å². The highest BCUT2D eigenvalue weighted by Crippen LogP contribution is 2.20. The molecule has 1 rings (SSSR count). The first-order chi connectivity index (χ1) is 7.52. The molecule has 1 aliphatic carbocycles. The molecular weight excluding hydrogens is 212 g/mol. The molecule has 0 radical (unpaired) electrons. The number of ether oxygens (including phenoxy) is 2. The van der Waals surface area contributed by atoms with E-state index in [-0.39, 0.29) is 25.2 Å². The lowest BCUT2D eigenvalue weighted by molar-refractivity contribution is -0.145. The topological polar surface area (TPSA) is 69.7 Å². The maximum absolute atomic E-state index is 11.4. The van der Waals surface area contributed by atoms with Crippen molar-refractivity contribution in [3.63, 3.8) is 0 Å². The molecule has 16 heavy (non-hydrogen) atoms. The lowest BCUT2D eigenvalue weighted by Crippen LogP contribution is -2.12. The summed E-state index contributed by atoms with van der Waals surface area (Å²) in [6, 6.07) is 0. The molecule has 0 fully saturated rings. The third-order valence-electron chi connectivity index (χ3n) is 2.09. The van der Waals surface area contributed by atoms with Crippen LogP contribution in [-0.4, -0.2) is 30.4 Å². The van der Waals surface area contributed by atoms with Gasteiger partial charge in [-0.15, -0.1) is 0 Å². The summed E-state index contributed by atoms with van der Waals surface area (Å²) in [4.78, 5) is 33.3. The number of ketones is 1. The maximum Gasteiger partial charge on any atom is 0.310 e. The first kappa shape index (κ1) is 12.4. The fraction of sp³-hybridized carbons (Fsp3) is 0.545. The van der Waals surface area contributed by atoms with Gasteiger partial charge in [-0.25, -0.2) is 0 Å². The number of hydrogen-bond acceptors (Lipinski definition) is 5. The summed E-state index contributed by atoms with van der Waals surface area (Å²) in [5.74, 6) is -1.05. The smallest absolute Gasteiger partial charge is 0.310 e. The zero-order valence-corrected chi connectivity index (χ0v) is 9.32. The van der Waals surface area contributed by atoms with Crippen LogP contribution in [0.4, 0.5) is 0 Å². The van der Waals surface area contributed by atoms with Crippen LogP contribution in [0.2, 0.25) is 0 Å². The van der Waals surface area contributed by atoms with Gasteiger partial charge in [-0.3, -0.25) is 14.4 Å². The van der Waals surface area contributed by atoms with Gasteiger partial charge in [0.05, 0.1) is 19.4 Å². The van der Waals surface area contributed by atoms with E-state index in [2.05, 4.69) is 0 Å². The molecule has 0 unspecified atom stereocenters. The second-order valence-electron chi connectivity index (χ2n) is 3.45. The highest BCUT2D eigenvalue weighted by Gasteiger charge is 2.27. The lowest BCUT2D eigenvalue weighted by atomic mass is 10.1. The van der Waals surface area contributed by atoms with E-state index in [9.17, 15) is 14.4 Å². The average Bonchev–Trinajstić information content (AvgIpc) is 2.45. The van der Waals surface area contributed by atoms with E-state index in [0.717, 1.165) is 0 Å². The van der Waals surface area contributed by atoms with Crippen LogP contribution in [0.15, 0.2) is 11.6 Å². The second kappa shape index (κ2) is 5.44. The predicted molar refractivity (Wildman–Crippen MR) is 54.5 cm³/mol. The van der Waals surface area contributed by atoms with Crippen molar-refractivity contribution < 1.29 is 23.9 Å². The predicted octanol–water partition coefficient (Wildman–Crippen LogP) is 0.770. The van der Waals surface area contributed by atoms with E-state index in [1.807, 2.05) is 0 Å². The molecule has 5 nitrogen and oxygen atoms in total. The van der Waals surface area contributed by atoms with Crippen molar-refractivity contribution in [1.82, 2.24) is 0 Å². The third kappa shape index (κ3) is 3.49. The Morgan fingerprint density at radius 2 is 2.19 bits per heavy atom. The van der Waals surface area contributed by atoms with Crippen LogP contribution in [0.25, 0.3) is 0 Å². The molecule has 5 heteroatoms. The van der Waals surface area contributed by atoms with E-state index >= 15 is 0 Å². The molecule has 0 aromatic heterocycles. The third-order valence-corrected chi connectivity index (χ3v) is 2.09. The van der Waals surface area contributed by atoms with Gasteiger partial charge in [-0.05, 0) is 13.0 Å². The van der Waals surface area contributed by atoms with Gasteiger partial charge in [0.1, 0.15) is 6.10 Å². The normalized spacial score (nSPS) is 19.2. The van der Waals surface area contributed by atoms with E-state index in [4.69, 9.17) is 9.47 Å². The summed E-state index contributed by atoms with van der Waals surface area (Å²) in [5.41, 5.74) is 0.365. The van der Waals surface area contributed by atoms with E-state index in [1.54, 1.807) is 6.92 Å². The maximum atomic E-state index is 11.4. The molecule has 0 saturated carbocycles. The molecule has 0 spiro atoms. The zero-order chi connectivity index (χ0) is 12.1. The molecule has 0 bridgehead atoms. The molecule has 0 amide bonds. The van der Waals surface area contributed by atoms with Crippen molar-refractivity contribution in [2.75, 3.05) is 6.61 Å². The van der Waals surface area contributed by atoms with Crippen molar-refractivity contribution in [3.8, 4) is 0 Å². The zero-order valence-electron chi connectivity index (χ0n) is 9.32. The Bertz CT molecular complexity index is 342.